The highest BCUT2D eigenvalue weighted by atomic mass is 32.2. The van der Waals surface area contributed by atoms with Crippen molar-refractivity contribution in [3.05, 3.63) is 52.1 Å². The van der Waals surface area contributed by atoms with Crippen LogP contribution in [0.25, 0.3) is 11.0 Å². The molecule has 0 aliphatic carbocycles. The van der Waals surface area contributed by atoms with E-state index in [0.29, 0.717) is 5.56 Å². The van der Waals surface area contributed by atoms with Gasteiger partial charge in [0.2, 0.25) is 0 Å². The molecule has 4 rings (SSSR count). The number of hydrogen-bond donors (Lipinski definition) is 1. The van der Waals surface area contributed by atoms with Crippen LogP contribution in [0.1, 0.15) is 43.2 Å². The van der Waals surface area contributed by atoms with E-state index in [1.165, 1.54) is 0 Å². The molecule has 1 atom stereocenters. The molecule has 24 heavy (non-hydrogen) atoms. The number of aliphatic imine (C=N–C) groups is 1. The summed E-state index contributed by atoms with van der Waals surface area (Å²) < 4.78 is 1.84. The number of benzene rings is 1. The molecule has 1 aliphatic heterocycles. The molecule has 0 fully saturated rings. The van der Waals surface area contributed by atoms with E-state index in [9.17, 15) is 4.79 Å². The van der Waals surface area contributed by atoms with Crippen LogP contribution in [-0.2, 0) is 0 Å². The predicted molar refractivity (Wildman–Crippen MR) is 97.2 cm³/mol. The van der Waals surface area contributed by atoms with E-state index < -0.39 is 0 Å². The van der Waals surface area contributed by atoms with E-state index in [1.807, 2.05) is 43.7 Å². The van der Waals surface area contributed by atoms with Crippen molar-refractivity contribution in [1.29, 1.82) is 0 Å². The highest BCUT2D eigenvalue weighted by molar-refractivity contribution is 8.14. The van der Waals surface area contributed by atoms with Crippen molar-refractivity contribution in [3.63, 3.8) is 0 Å². The average molecular weight is 339 g/mol. The second-order valence-electron chi connectivity index (χ2n) is 6.08. The van der Waals surface area contributed by atoms with Crippen LogP contribution in [-0.4, -0.2) is 24.8 Å². The SMILES string of the molecule is CC1=Nc2c(c(=O)[nH]n2C(C)C)[C@H](c2ccc3nccnc3c2)S1. The number of rotatable bonds is 2. The van der Waals surface area contributed by atoms with Gasteiger partial charge in [-0.3, -0.25) is 24.5 Å². The van der Waals surface area contributed by atoms with Gasteiger partial charge < -0.3 is 0 Å². The van der Waals surface area contributed by atoms with Gasteiger partial charge in [-0.25, -0.2) is 4.99 Å². The van der Waals surface area contributed by atoms with Crippen LogP contribution < -0.4 is 5.56 Å². The van der Waals surface area contributed by atoms with Gasteiger partial charge in [-0.15, -0.1) is 0 Å². The van der Waals surface area contributed by atoms with Crippen molar-refractivity contribution in [2.24, 2.45) is 4.99 Å². The summed E-state index contributed by atoms with van der Waals surface area (Å²) in [6.07, 6.45) is 3.36. The molecule has 0 spiro atoms. The lowest BCUT2D eigenvalue weighted by atomic mass is 10.1. The Morgan fingerprint density at radius 2 is 1.96 bits per heavy atom. The van der Waals surface area contributed by atoms with E-state index >= 15 is 0 Å². The number of aromatic nitrogens is 4. The normalized spacial score (nSPS) is 17.2. The quantitative estimate of drug-likeness (QED) is 0.774. The summed E-state index contributed by atoms with van der Waals surface area (Å²) in [6.45, 7) is 6.04. The van der Waals surface area contributed by atoms with Gasteiger partial charge in [-0.05, 0) is 38.5 Å². The Morgan fingerprint density at radius 1 is 1.21 bits per heavy atom. The number of hydrogen-bond acceptors (Lipinski definition) is 5. The van der Waals surface area contributed by atoms with Gasteiger partial charge in [0.1, 0.15) is 0 Å². The highest BCUT2D eigenvalue weighted by Gasteiger charge is 2.30. The van der Waals surface area contributed by atoms with Crippen LogP contribution in [0.4, 0.5) is 5.82 Å². The van der Waals surface area contributed by atoms with Crippen molar-refractivity contribution in [2.75, 3.05) is 0 Å². The van der Waals surface area contributed by atoms with E-state index in [2.05, 4.69) is 20.1 Å². The van der Waals surface area contributed by atoms with Crippen molar-refractivity contribution in [1.82, 2.24) is 19.7 Å². The molecule has 1 aromatic carbocycles. The average Bonchev–Trinajstić information content (AvgIpc) is 2.90. The minimum atomic E-state index is -0.0901. The number of nitrogens with zero attached hydrogens (tertiary/aromatic N) is 4. The van der Waals surface area contributed by atoms with E-state index in [-0.39, 0.29) is 16.9 Å². The van der Waals surface area contributed by atoms with Crippen molar-refractivity contribution in [2.45, 2.75) is 32.1 Å². The van der Waals surface area contributed by atoms with Gasteiger partial charge in [0, 0.05) is 18.4 Å². The lowest BCUT2D eigenvalue weighted by Crippen LogP contribution is -2.13. The van der Waals surface area contributed by atoms with Gasteiger partial charge in [-0.2, -0.15) is 0 Å². The minimum Gasteiger partial charge on any atom is -0.268 e. The maximum atomic E-state index is 12.6. The number of nitrogens with one attached hydrogen (secondary N) is 1. The number of aromatic amines is 1. The first kappa shape index (κ1) is 15.1. The molecule has 1 aliphatic rings. The number of H-pyrrole nitrogens is 1. The smallest absolute Gasteiger partial charge is 0.268 e. The summed E-state index contributed by atoms with van der Waals surface area (Å²) >= 11 is 1.60. The Kier molecular flexibility index (Phi) is 3.53. The number of thioether (sulfide) groups is 1. The fraction of sp³-hybridized carbons (Fsp3) is 0.294. The standard InChI is InChI=1S/C17H17N5OS/c1-9(2)22-16-14(17(23)21-22)15(24-10(3)20-16)11-4-5-12-13(8-11)19-7-6-18-12/h4-9,15H,1-3H3,(H,21,23)/t15-/m0/s1. The largest absolute Gasteiger partial charge is 0.271 e. The molecule has 1 N–H and O–H groups in total. The van der Waals surface area contributed by atoms with Crippen molar-refractivity contribution >= 4 is 33.7 Å². The third-order valence-electron chi connectivity index (χ3n) is 4.06. The molecule has 122 valence electrons. The summed E-state index contributed by atoms with van der Waals surface area (Å²) in [7, 11) is 0. The van der Waals surface area contributed by atoms with Gasteiger partial charge in [0.15, 0.2) is 5.82 Å². The molecule has 0 radical (unpaired) electrons. The van der Waals surface area contributed by atoms with E-state index in [1.54, 1.807) is 24.2 Å². The van der Waals surface area contributed by atoms with Crippen LogP contribution >= 0.6 is 11.8 Å². The molecule has 0 saturated heterocycles. The minimum absolute atomic E-state index is 0.0771. The molecule has 0 amide bonds. The maximum absolute atomic E-state index is 12.6. The van der Waals surface area contributed by atoms with Gasteiger partial charge >= 0.3 is 0 Å². The van der Waals surface area contributed by atoms with E-state index in [0.717, 1.165) is 27.5 Å². The lowest BCUT2D eigenvalue weighted by molar-refractivity contribution is 0.533. The molecule has 0 unspecified atom stereocenters. The Bertz CT molecular complexity index is 1020. The summed E-state index contributed by atoms with van der Waals surface area (Å²) in [5.41, 5.74) is 3.35. The third-order valence-corrected chi connectivity index (χ3v) is 5.24. The second kappa shape index (κ2) is 5.59. The summed E-state index contributed by atoms with van der Waals surface area (Å²) in [5.74, 6) is 0.732. The zero-order valence-electron chi connectivity index (χ0n) is 13.6. The zero-order chi connectivity index (χ0) is 16.8. The Labute approximate surface area is 143 Å². The third kappa shape index (κ3) is 2.36. The molecule has 6 nitrogen and oxygen atoms in total. The Hall–Kier alpha value is -2.41. The maximum Gasteiger partial charge on any atom is 0.271 e. The zero-order valence-corrected chi connectivity index (χ0v) is 14.5. The fourth-order valence-electron chi connectivity index (χ4n) is 2.96. The molecule has 0 bridgehead atoms. The molecular formula is C17H17N5OS. The molecule has 2 aromatic heterocycles. The molecule has 3 heterocycles. The van der Waals surface area contributed by atoms with Crippen LogP contribution in [0.5, 0.6) is 0 Å². The van der Waals surface area contributed by atoms with Crippen LogP contribution in [0, 0.1) is 0 Å². The number of fused-ring (bicyclic) bond motifs is 2. The van der Waals surface area contributed by atoms with Crippen LogP contribution in [0.2, 0.25) is 0 Å². The van der Waals surface area contributed by atoms with Crippen molar-refractivity contribution < 1.29 is 0 Å². The first-order valence-electron chi connectivity index (χ1n) is 7.81. The van der Waals surface area contributed by atoms with Gasteiger partial charge in [0.05, 0.1) is 26.9 Å². The fourth-order valence-corrected chi connectivity index (χ4v) is 4.05. The highest BCUT2D eigenvalue weighted by Crippen LogP contribution is 2.44. The monoisotopic (exact) mass is 339 g/mol. The van der Waals surface area contributed by atoms with E-state index in [4.69, 9.17) is 0 Å². The van der Waals surface area contributed by atoms with Gasteiger partial charge in [-0.1, -0.05) is 17.8 Å². The molecule has 3 aromatic rings. The topological polar surface area (TPSA) is 75.9 Å². The summed E-state index contributed by atoms with van der Waals surface area (Å²) in [4.78, 5) is 25.8. The Balaban J connectivity index is 1.91. The molecule has 7 heteroatoms. The Morgan fingerprint density at radius 3 is 2.71 bits per heavy atom. The molecule has 0 saturated carbocycles. The second-order valence-corrected chi connectivity index (χ2v) is 7.37. The van der Waals surface area contributed by atoms with Gasteiger partial charge in [0.25, 0.3) is 5.56 Å². The van der Waals surface area contributed by atoms with Crippen LogP contribution in [0.3, 0.4) is 0 Å². The predicted octanol–water partition coefficient (Wildman–Crippen LogP) is 3.59. The summed E-state index contributed by atoms with van der Waals surface area (Å²) in [6, 6.07) is 6.12. The first-order chi connectivity index (χ1) is 11.5. The first-order valence-corrected chi connectivity index (χ1v) is 8.69. The van der Waals surface area contributed by atoms with Crippen molar-refractivity contribution in [3.8, 4) is 0 Å². The molecular weight excluding hydrogens is 322 g/mol. The van der Waals surface area contributed by atoms with Crippen LogP contribution in [0.15, 0.2) is 40.4 Å². The lowest BCUT2D eigenvalue weighted by Gasteiger charge is -2.21. The summed E-state index contributed by atoms with van der Waals surface area (Å²) in [5, 5.41) is 3.78.